The average Bonchev–Trinajstić information content (AvgIpc) is 3.23. The van der Waals surface area contributed by atoms with Crippen molar-refractivity contribution in [3.63, 3.8) is 0 Å². The molecule has 0 aliphatic rings. The topological polar surface area (TPSA) is 46.9 Å². The van der Waals surface area contributed by atoms with Crippen LogP contribution in [0.2, 0.25) is 0 Å². The lowest BCUT2D eigenvalue weighted by molar-refractivity contribution is -0.137. The summed E-state index contributed by atoms with van der Waals surface area (Å²) in [5.74, 6) is -0.196. The minimum absolute atomic E-state index is 0.196. The van der Waals surface area contributed by atoms with E-state index in [4.69, 9.17) is 0 Å². The van der Waals surface area contributed by atoms with Crippen LogP contribution in [-0.2, 0) is 6.18 Å². The normalized spacial score (nSPS) is 12.8. The van der Waals surface area contributed by atoms with Crippen LogP contribution in [-0.4, -0.2) is 15.7 Å². The van der Waals surface area contributed by atoms with Crippen molar-refractivity contribution in [2.45, 2.75) is 26.1 Å². The zero-order valence-corrected chi connectivity index (χ0v) is 14.9. The van der Waals surface area contributed by atoms with Gasteiger partial charge in [0.15, 0.2) is 0 Å². The second-order valence-corrected chi connectivity index (χ2v) is 6.77. The molecule has 1 amide bonds. The van der Waals surface area contributed by atoms with Gasteiger partial charge in [0.2, 0.25) is 0 Å². The number of aromatic nitrogens is 2. The zero-order valence-electron chi connectivity index (χ0n) is 14.0. The molecular formula is C18H16F3N3OS. The van der Waals surface area contributed by atoms with E-state index >= 15 is 0 Å². The van der Waals surface area contributed by atoms with Crippen LogP contribution in [0, 0.1) is 6.92 Å². The van der Waals surface area contributed by atoms with Crippen molar-refractivity contribution in [3.8, 4) is 5.69 Å². The van der Waals surface area contributed by atoms with Crippen LogP contribution in [0.25, 0.3) is 5.69 Å². The molecule has 3 rings (SSSR count). The van der Waals surface area contributed by atoms with E-state index in [1.165, 1.54) is 22.1 Å². The van der Waals surface area contributed by atoms with Gasteiger partial charge in [-0.3, -0.25) is 4.79 Å². The number of carbonyl (C=O) groups is 1. The molecule has 0 radical (unpaired) electrons. The number of nitrogens with one attached hydrogen (secondary N) is 1. The molecule has 1 unspecified atom stereocenters. The summed E-state index contributed by atoms with van der Waals surface area (Å²) < 4.78 is 40.2. The standard InChI is InChI=1S/C18H16F3N3OS/c1-11(23-17(25)16-7-4-8-26-16)15-10-22-24(12(15)2)14-6-3-5-13(9-14)18(19,20)21/h3-11H,1-2H3,(H,23,25). The molecule has 3 aromatic rings. The summed E-state index contributed by atoms with van der Waals surface area (Å²) in [6, 6.07) is 8.18. The van der Waals surface area contributed by atoms with E-state index in [9.17, 15) is 18.0 Å². The summed E-state index contributed by atoms with van der Waals surface area (Å²) in [6.07, 6.45) is -2.85. The molecule has 26 heavy (non-hydrogen) atoms. The van der Waals surface area contributed by atoms with E-state index in [-0.39, 0.29) is 11.9 Å². The molecule has 0 saturated heterocycles. The maximum absolute atomic E-state index is 12.9. The lowest BCUT2D eigenvalue weighted by atomic mass is 10.1. The highest BCUT2D eigenvalue weighted by atomic mass is 32.1. The van der Waals surface area contributed by atoms with Crippen LogP contribution in [0.15, 0.2) is 48.0 Å². The highest BCUT2D eigenvalue weighted by molar-refractivity contribution is 7.12. The van der Waals surface area contributed by atoms with Crippen LogP contribution >= 0.6 is 11.3 Å². The average molecular weight is 379 g/mol. The van der Waals surface area contributed by atoms with Crippen LogP contribution in [0.4, 0.5) is 13.2 Å². The van der Waals surface area contributed by atoms with Gasteiger partial charge in [0.05, 0.1) is 28.4 Å². The third kappa shape index (κ3) is 3.65. The number of benzene rings is 1. The summed E-state index contributed by atoms with van der Waals surface area (Å²) in [5.41, 5.74) is 1.00. The van der Waals surface area contributed by atoms with Gasteiger partial charge in [-0.2, -0.15) is 18.3 Å². The number of nitrogens with zero attached hydrogens (tertiary/aromatic N) is 2. The number of hydrogen-bond donors (Lipinski definition) is 1. The minimum Gasteiger partial charge on any atom is -0.345 e. The van der Waals surface area contributed by atoms with Gasteiger partial charge in [0.1, 0.15) is 0 Å². The highest BCUT2D eigenvalue weighted by Crippen LogP contribution is 2.31. The minimum atomic E-state index is -4.41. The van der Waals surface area contributed by atoms with Gasteiger partial charge in [-0.05, 0) is 43.5 Å². The first kappa shape index (κ1) is 18.2. The number of halogens is 3. The molecule has 1 atom stereocenters. The van der Waals surface area contributed by atoms with Gasteiger partial charge in [0.25, 0.3) is 5.91 Å². The molecule has 0 saturated carbocycles. The second-order valence-electron chi connectivity index (χ2n) is 5.82. The molecule has 0 aliphatic heterocycles. The molecular weight excluding hydrogens is 363 g/mol. The van der Waals surface area contributed by atoms with E-state index in [0.717, 1.165) is 17.7 Å². The predicted molar refractivity (Wildman–Crippen MR) is 93.5 cm³/mol. The van der Waals surface area contributed by atoms with E-state index < -0.39 is 11.7 Å². The van der Waals surface area contributed by atoms with Crippen LogP contribution in [0.5, 0.6) is 0 Å². The fourth-order valence-electron chi connectivity index (χ4n) is 2.67. The maximum Gasteiger partial charge on any atom is 0.416 e. The largest absolute Gasteiger partial charge is 0.416 e. The molecule has 136 valence electrons. The summed E-state index contributed by atoms with van der Waals surface area (Å²) in [4.78, 5) is 12.8. The monoisotopic (exact) mass is 379 g/mol. The molecule has 1 N–H and O–H groups in total. The molecule has 1 aromatic carbocycles. The van der Waals surface area contributed by atoms with Crippen molar-refractivity contribution in [2.75, 3.05) is 0 Å². The summed E-state index contributed by atoms with van der Waals surface area (Å²) in [5, 5.41) is 8.89. The number of amides is 1. The number of hydrogen-bond acceptors (Lipinski definition) is 3. The fraction of sp³-hybridized carbons (Fsp3) is 0.222. The fourth-order valence-corrected chi connectivity index (χ4v) is 3.30. The number of carbonyl (C=O) groups excluding carboxylic acids is 1. The van der Waals surface area contributed by atoms with Crippen molar-refractivity contribution >= 4 is 17.2 Å². The van der Waals surface area contributed by atoms with Crippen molar-refractivity contribution in [2.24, 2.45) is 0 Å². The SMILES string of the molecule is Cc1c(C(C)NC(=O)c2cccs2)cnn1-c1cccc(C(F)(F)F)c1. The summed E-state index contributed by atoms with van der Waals surface area (Å²) in [6.45, 7) is 3.57. The molecule has 8 heteroatoms. The Bertz CT molecular complexity index is 916. The molecule has 2 heterocycles. The van der Waals surface area contributed by atoms with Crippen molar-refractivity contribution < 1.29 is 18.0 Å². The first-order valence-electron chi connectivity index (χ1n) is 7.84. The van der Waals surface area contributed by atoms with Crippen LogP contribution in [0.3, 0.4) is 0 Å². The number of alkyl halides is 3. The van der Waals surface area contributed by atoms with Crippen molar-refractivity contribution in [1.82, 2.24) is 15.1 Å². The summed E-state index contributed by atoms with van der Waals surface area (Å²) >= 11 is 1.34. The zero-order chi connectivity index (χ0) is 18.9. The third-order valence-electron chi connectivity index (χ3n) is 4.02. The van der Waals surface area contributed by atoms with Crippen LogP contribution in [0.1, 0.15) is 39.5 Å². The number of thiophene rings is 1. The Morgan fingerprint density at radius 3 is 2.69 bits per heavy atom. The van der Waals surface area contributed by atoms with Gasteiger partial charge in [0, 0.05) is 11.3 Å². The van der Waals surface area contributed by atoms with E-state index in [0.29, 0.717) is 16.3 Å². The van der Waals surface area contributed by atoms with Crippen molar-refractivity contribution in [1.29, 1.82) is 0 Å². The Morgan fingerprint density at radius 1 is 1.27 bits per heavy atom. The van der Waals surface area contributed by atoms with E-state index in [2.05, 4.69) is 10.4 Å². The third-order valence-corrected chi connectivity index (χ3v) is 4.89. The predicted octanol–water partition coefficient (Wildman–Crippen LogP) is 4.75. The Morgan fingerprint density at radius 2 is 2.04 bits per heavy atom. The molecule has 0 aliphatic carbocycles. The maximum atomic E-state index is 12.9. The smallest absolute Gasteiger partial charge is 0.345 e. The lowest BCUT2D eigenvalue weighted by Gasteiger charge is -2.14. The summed E-state index contributed by atoms with van der Waals surface area (Å²) in [7, 11) is 0. The van der Waals surface area contributed by atoms with Crippen LogP contribution < -0.4 is 5.32 Å². The molecule has 2 aromatic heterocycles. The van der Waals surface area contributed by atoms with Gasteiger partial charge in [-0.25, -0.2) is 4.68 Å². The van der Waals surface area contributed by atoms with E-state index in [1.807, 2.05) is 12.3 Å². The number of rotatable bonds is 4. The van der Waals surface area contributed by atoms with Gasteiger partial charge < -0.3 is 5.32 Å². The molecule has 0 spiro atoms. The second kappa shape index (κ2) is 6.95. The Kier molecular flexibility index (Phi) is 4.86. The first-order valence-corrected chi connectivity index (χ1v) is 8.72. The quantitative estimate of drug-likeness (QED) is 0.711. The highest BCUT2D eigenvalue weighted by Gasteiger charge is 2.30. The van der Waals surface area contributed by atoms with Gasteiger partial charge >= 0.3 is 6.18 Å². The van der Waals surface area contributed by atoms with Gasteiger partial charge in [-0.1, -0.05) is 12.1 Å². The Labute approximate surface area is 152 Å². The van der Waals surface area contributed by atoms with Gasteiger partial charge in [-0.15, -0.1) is 11.3 Å². The first-order chi connectivity index (χ1) is 12.3. The molecule has 0 fully saturated rings. The molecule has 4 nitrogen and oxygen atoms in total. The lowest BCUT2D eigenvalue weighted by Crippen LogP contribution is -2.26. The van der Waals surface area contributed by atoms with E-state index in [1.54, 1.807) is 31.3 Å². The Balaban J connectivity index is 1.85. The van der Waals surface area contributed by atoms with Crippen molar-refractivity contribution in [3.05, 3.63) is 69.7 Å². The molecule has 0 bridgehead atoms. The Hall–Kier alpha value is -2.61.